The Morgan fingerprint density at radius 3 is 0.929 bits per heavy atom. The molecule has 2 atom stereocenters. The molecule has 0 aromatic heterocycles. The first-order chi connectivity index (χ1) is 27.4. The topological polar surface area (TPSA) is 78.9 Å². The van der Waals surface area contributed by atoms with Crippen LogP contribution in [-0.2, 0) is 28.6 Å². The number of unbranched alkanes of at least 4 members (excludes halogenated alkanes) is 31. The number of carbonyl (C=O) groups is 3. The predicted octanol–water partition coefficient (Wildman–Crippen LogP) is 15.9. The van der Waals surface area contributed by atoms with Crippen LogP contribution in [0.25, 0.3) is 0 Å². The zero-order chi connectivity index (χ0) is 41.0. The van der Waals surface area contributed by atoms with Gasteiger partial charge >= 0.3 is 17.9 Å². The van der Waals surface area contributed by atoms with Gasteiger partial charge in [-0.15, -0.1) is 0 Å². The normalized spacial score (nSPS) is 12.4. The highest BCUT2D eigenvalue weighted by molar-refractivity contribution is 5.71. The Hall–Kier alpha value is -1.59. The van der Waals surface area contributed by atoms with E-state index < -0.39 is 6.10 Å². The fourth-order valence-electron chi connectivity index (χ4n) is 7.48. The fraction of sp³-hybridized carbons (Fsp3) is 0.940. The Morgan fingerprint density at radius 1 is 0.357 bits per heavy atom. The third kappa shape index (κ3) is 42.0. The van der Waals surface area contributed by atoms with Gasteiger partial charge in [0.25, 0.3) is 0 Å². The molecule has 0 bridgehead atoms. The van der Waals surface area contributed by atoms with Crippen LogP contribution in [-0.4, -0.2) is 37.2 Å². The second-order valence-corrected chi connectivity index (χ2v) is 17.3. The van der Waals surface area contributed by atoms with Crippen LogP contribution in [0.5, 0.6) is 0 Å². The monoisotopic (exact) mass is 793 g/mol. The number of hydrogen-bond donors (Lipinski definition) is 0. The van der Waals surface area contributed by atoms with E-state index in [1.165, 1.54) is 173 Å². The van der Waals surface area contributed by atoms with Gasteiger partial charge in [-0.05, 0) is 25.2 Å². The molecule has 0 spiro atoms. The van der Waals surface area contributed by atoms with Crippen LogP contribution < -0.4 is 0 Å². The van der Waals surface area contributed by atoms with E-state index in [2.05, 4.69) is 27.7 Å². The number of carbonyl (C=O) groups excluding carboxylic acids is 3. The lowest BCUT2D eigenvalue weighted by Gasteiger charge is -2.18. The standard InChI is InChI=1S/C50H96O6/c1-5-8-10-12-14-16-18-20-22-24-26-28-33-37-41-48(51)54-44-47(45-55-49(52)42-38-34-31-30-32-36-40-46(4)7-3)56-50(53)43-39-35-29-27-25-23-21-19-17-15-13-11-9-6-2/h46-47H,5-45H2,1-4H3/t46?,47-/m1/s1. The van der Waals surface area contributed by atoms with E-state index >= 15 is 0 Å². The molecule has 0 saturated carbocycles. The summed E-state index contributed by atoms with van der Waals surface area (Å²) in [6.45, 7) is 8.99. The van der Waals surface area contributed by atoms with E-state index in [1.807, 2.05) is 0 Å². The quantitative estimate of drug-likeness (QED) is 0.0347. The Morgan fingerprint density at radius 2 is 0.625 bits per heavy atom. The van der Waals surface area contributed by atoms with Crippen molar-refractivity contribution in [1.82, 2.24) is 0 Å². The van der Waals surface area contributed by atoms with E-state index in [0.29, 0.717) is 19.3 Å². The molecule has 56 heavy (non-hydrogen) atoms. The molecule has 0 aliphatic heterocycles. The van der Waals surface area contributed by atoms with E-state index in [-0.39, 0.29) is 31.1 Å². The van der Waals surface area contributed by atoms with Crippen LogP contribution in [0.1, 0.15) is 278 Å². The molecule has 0 rings (SSSR count). The van der Waals surface area contributed by atoms with Crippen LogP contribution in [0.4, 0.5) is 0 Å². The first kappa shape index (κ1) is 54.4. The van der Waals surface area contributed by atoms with Crippen molar-refractivity contribution in [1.29, 1.82) is 0 Å². The second-order valence-electron chi connectivity index (χ2n) is 17.3. The zero-order valence-corrected chi connectivity index (χ0v) is 38.1. The molecule has 0 saturated heterocycles. The van der Waals surface area contributed by atoms with Crippen LogP contribution in [0.2, 0.25) is 0 Å². The molecule has 0 N–H and O–H groups in total. The number of ether oxygens (including phenoxy) is 3. The van der Waals surface area contributed by atoms with Gasteiger partial charge in [-0.2, -0.15) is 0 Å². The number of esters is 3. The molecule has 0 aliphatic rings. The highest BCUT2D eigenvalue weighted by atomic mass is 16.6. The molecular formula is C50H96O6. The van der Waals surface area contributed by atoms with Crippen molar-refractivity contribution in [3.63, 3.8) is 0 Å². The average Bonchev–Trinajstić information content (AvgIpc) is 3.19. The minimum Gasteiger partial charge on any atom is -0.462 e. The lowest BCUT2D eigenvalue weighted by atomic mass is 10.00. The first-order valence-electron chi connectivity index (χ1n) is 24.9. The molecular weight excluding hydrogens is 697 g/mol. The summed E-state index contributed by atoms with van der Waals surface area (Å²) in [6, 6.07) is 0. The molecule has 0 aliphatic carbocycles. The third-order valence-corrected chi connectivity index (χ3v) is 11.7. The summed E-state index contributed by atoms with van der Waals surface area (Å²) in [5, 5.41) is 0. The molecule has 0 radical (unpaired) electrons. The summed E-state index contributed by atoms with van der Waals surface area (Å²) < 4.78 is 16.8. The van der Waals surface area contributed by atoms with Gasteiger partial charge in [-0.25, -0.2) is 0 Å². The highest BCUT2D eigenvalue weighted by Gasteiger charge is 2.19. The molecule has 6 nitrogen and oxygen atoms in total. The van der Waals surface area contributed by atoms with Gasteiger partial charge in [0.15, 0.2) is 6.10 Å². The first-order valence-corrected chi connectivity index (χ1v) is 24.9. The van der Waals surface area contributed by atoms with E-state index in [1.54, 1.807) is 0 Å². The van der Waals surface area contributed by atoms with E-state index in [0.717, 1.165) is 63.7 Å². The molecule has 6 heteroatoms. The molecule has 0 amide bonds. The summed E-state index contributed by atoms with van der Waals surface area (Å²) in [4.78, 5) is 37.8. The van der Waals surface area contributed by atoms with Crippen molar-refractivity contribution >= 4 is 17.9 Å². The summed E-state index contributed by atoms with van der Waals surface area (Å²) in [5.74, 6) is -0.0355. The van der Waals surface area contributed by atoms with Crippen molar-refractivity contribution in [3.05, 3.63) is 0 Å². The minimum absolute atomic E-state index is 0.0636. The van der Waals surface area contributed by atoms with E-state index in [9.17, 15) is 14.4 Å². The van der Waals surface area contributed by atoms with Gasteiger partial charge in [0, 0.05) is 19.3 Å². The summed E-state index contributed by atoms with van der Waals surface area (Å²) in [5.41, 5.74) is 0. The SMILES string of the molecule is CCCCCCCCCCCCCCCCC(=O)OC[C@H](COC(=O)CCCCCCCCC(C)CC)OC(=O)CCCCCCCCCCCCCCCC. The number of hydrogen-bond acceptors (Lipinski definition) is 6. The van der Waals surface area contributed by atoms with Crippen molar-refractivity contribution < 1.29 is 28.6 Å². The minimum atomic E-state index is -0.760. The lowest BCUT2D eigenvalue weighted by Crippen LogP contribution is -2.30. The van der Waals surface area contributed by atoms with Crippen molar-refractivity contribution in [2.24, 2.45) is 5.92 Å². The van der Waals surface area contributed by atoms with Gasteiger partial charge in [0.2, 0.25) is 0 Å². The van der Waals surface area contributed by atoms with Gasteiger partial charge in [0.1, 0.15) is 13.2 Å². The molecule has 0 aromatic carbocycles. The van der Waals surface area contributed by atoms with E-state index in [4.69, 9.17) is 14.2 Å². The number of rotatable bonds is 45. The Balaban J connectivity index is 4.31. The smallest absolute Gasteiger partial charge is 0.306 e. The summed E-state index contributed by atoms with van der Waals surface area (Å²) in [6.07, 6.45) is 45.1. The van der Waals surface area contributed by atoms with Crippen LogP contribution >= 0.6 is 0 Å². The molecule has 0 fully saturated rings. The van der Waals surface area contributed by atoms with Crippen LogP contribution in [0.15, 0.2) is 0 Å². The average molecular weight is 793 g/mol. The van der Waals surface area contributed by atoms with Gasteiger partial charge in [0.05, 0.1) is 0 Å². The van der Waals surface area contributed by atoms with Gasteiger partial charge in [-0.3, -0.25) is 14.4 Å². The van der Waals surface area contributed by atoms with Crippen LogP contribution in [0, 0.1) is 5.92 Å². The molecule has 0 aromatic rings. The predicted molar refractivity (Wildman–Crippen MR) is 238 cm³/mol. The van der Waals surface area contributed by atoms with Crippen molar-refractivity contribution in [2.45, 2.75) is 284 Å². The molecule has 0 heterocycles. The van der Waals surface area contributed by atoms with Crippen molar-refractivity contribution in [3.8, 4) is 0 Å². The fourth-order valence-corrected chi connectivity index (χ4v) is 7.48. The maximum Gasteiger partial charge on any atom is 0.306 e. The third-order valence-electron chi connectivity index (χ3n) is 11.7. The van der Waals surface area contributed by atoms with Gasteiger partial charge < -0.3 is 14.2 Å². The second kappa shape index (κ2) is 44.5. The maximum atomic E-state index is 12.8. The maximum absolute atomic E-state index is 12.8. The Bertz CT molecular complexity index is 843. The van der Waals surface area contributed by atoms with Gasteiger partial charge in [-0.1, -0.05) is 240 Å². The van der Waals surface area contributed by atoms with Crippen molar-refractivity contribution in [2.75, 3.05) is 13.2 Å². The molecule has 332 valence electrons. The Kier molecular flexibility index (Phi) is 43.2. The highest BCUT2D eigenvalue weighted by Crippen LogP contribution is 2.17. The zero-order valence-electron chi connectivity index (χ0n) is 38.1. The largest absolute Gasteiger partial charge is 0.462 e. The lowest BCUT2D eigenvalue weighted by molar-refractivity contribution is -0.167. The summed E-state index contributed by atoms with van der Waals surface area (Å²) in [7, 11) is 0. The molecule has 1 unspecified atom stereocenters. The van der Waals surface area contributed by atoms with Crippen LogP contribution in [0.3, 0.4) is 0 Å². The summed E-state index contributed by atoms with van der Waals surface area (Å²) >= 11 is 0. The Labute approximate surface area is 348 Å².